The van der Waals surface area contributed by atoms with E-state index in [0.29, 0.717) is 0 Å². The third kappa shape index (κ3) is 4.15. The summed E-state index contributed by atoms with van der Waals surface area (Å²) in [5, 5.41) is 7.29. The molecule has 3 aromatic heterocycles. The lowest BCUT2D eigenvalue weighted by atomic mass is 9.97. The molecule has 0 unspecified atom stereocenters. The molecule has 8 aromatic carbocycles. The van der Waals surface area contributed by atoms with Crippen LogP contribution in [0, 0.1) is 0 Å². The third-order valence-electron chi connectivity index (χ3n) is 10.6. The summed E-state index contributed by atoms with van der Waals surface area (Å²) < 4.78 is 4.76. The first-order chi connectivity index (χ1) is 25.8. The fraction of sp³-hybridized carbons (Fsp3) is 0. The summed E-state index contributed by atoms with van der Waals surface area (Å²) in [6.45, 7) is 0. The van der Waals surface area contributed by atoms with E-state index in [9.17, 15) is 0 Å². The number of hydrogen-bond acceptors (Lipinski definition) is 2. The van der Waals surface area contributed by atoms with E-state index in [1.807, 2.05) is 12.4 Å². The molecule has 0 amide bonds. The Kier molecular flexibility index (Phi) is 6.22. The molecule has 0 atom stereocenters. The van der Waals surface area contributed by atoms with E-state index < -0.39 is 0 Å². The Hall–Kier alpha value is -7.04. The number of aromatic nitrogens is 4. The Bertz CT molecular complexity index is 3170. The van der Waals surface area contributed by atoms with E-state index in [-0.39, 0.29) is 0 Å². The Morgan fingerprint density at radius 1 is 0.365 bits per heavy atom. The molecule has 11 rings (SSSR count). The average Bonchev–Trinajstić information content (AvgIpc) is 3.73. The molecule has 242 valence electrons. The second-order valence-electron chi connectivity index (χ2n) is 13.4. The first-order valence-electron chi connectivity index (χ1n) is 17.7. The molecule has 0 saturated heterocycles. The van der Waals surface area contributed by atoms with Crippen LogP contribution in [-0.4, -0.2) is 19.1 Å². The lowest BCUT2D eigenvalue weighted by molar-refractivity contribution is 1.17. The average molecular weight is 663 g/mol. The van der Waals surface area contributed by atoms with E-state index in [2.05, 4.69) is 179 Å². The summed E-state index contributed by atoms with van der Waals surface area (Å²) in [5.74, 6) is 0. The molecule has 0 aliphatic heterocycles. The Labute approximate surface area is 299 Å². The highest BCUT2D eigenvalue weighted by Gasteiger charge is 2.22. The van der Waals surface area contributed by atoms with Gasteiger partial charge in [-0.25, -0.2) is 0 Å². The zero-order valence-corrected chi connectivity index (χ0v) is 28.1. The van der Waals surface area contributed by atoms with Crippen LogP contribution in [0.4, 0.5) is 0 Å². The minimum atomic E-state index is 0.862. The van der Waals surface area contributed by atoms with Crippen molar-refractivity contribution in [2.75, 3.05) is 0 Å². The SMILES string of the molecule is c1ccc(-c2cccc3c2c2cc4ccccc4cc2n3-c2ccc(-c3cccc4c3c3ccccc3n4-c3ccccc3)c3nccnc23)cc1. The van der Waals surface area contributed by atoms with Crippen molar-refractivity contribution in [1.82, 2.24) is 19.1 Å². The van der Waals surface area contributed by atoms with E-state index in [1.54, 1.807) is 0 Å². The number of para-hydroxylation sites is 2. The fourth-order valence-corrected chi connectivity index (χ4v) is 8.41. The van der Waals surface area contributed by atoms with Crippen molar-refractivity contribution in [2.24, 2.45) is 0 Å². The molecule has 0 fully saturated rings. The van der Waals surface area contributed by atoms with E-state index in [0.717, 1.165) is 50.1 Å². The molecule has 3 heterocycles. The molecule has 52 heavy (non-hydrogen) atoms. The monoisotopic (exact) mass is 662 g/mol. The van der Waals surface area contributed by atoms with Gasteiger partial charge in [0.2, 0.25) is 0 Å². The van der Waals surface area contributed by atoms with Crippen LogP contribution in [0.15, 0.2) is 182 Å². The first-order valence-corrected chi connectivity index (χ1v) is 17.7. The second-order valence-corrected chi connectivity index (χ2v) is 13.4. The maximum Gasteiger partial charge on any atom is 0.113 e. The van der Waals surface area contributed by atoms with Gasteiger partial charge in [0.05, 0.1) is 33.3 Å². The van der Waals surface area contributed by atoms with Crippen molar-refractivity contribution < 1.29 is 0 Å². The van der Waals surface area contributed by atoms with Gasteiger partial charge in [0.1, 0.15) is 5.52 Å². The highest BCUT2D eigenvalue weighted by molar-refractivity contribution is 6.20. The Morgan fingerprint density at radius 2 is 0.981 bits per heavy atom. The maximum atomic E-state index is 5.09. The number of benzene rings is 8. The molecule has 4 heteroatoms. The molecule has 0 aliphatic rings. The van der Waals surface area contributed by atoms with Crippen LogP contribution in [0.25, 0.3) is 99.0 Å². The van der Waals surface area contributed by atoms with Crippen molar-refractivity contribution in [3.63, 3.8) is 0 Å². The van der Waals surface area contributed by atoms with E-state index in [4.69, 9.17) is 9.97 Å². The van der Waals surface area contributed by atoms with Gasteiger partial charge in [-0.15, -0.1) is 0 Å². The lowest BCUT2D eigenvalue weighted by Crippen LogP contribution is -1.99. The smallest absolute Gasteiger partial charge is 0.113 e. The van der Waals surface area contributed by atoms with Crippen LogP contribution in [0.5, 0.6) is 0 Å². The minimum absolute atomic E-state index is 0.862. The Morgan fingerprint density at radius 3 is 1.79 bits per heavy atom. The van der Waals surface area contributed by atoms with Crippen LogP contribution in [-0.2, 0) is 0 Å². The van der Waals surface area contributed by atoms with Crippen molar-refractivity contribution in [1.29, 1.82) is 0 Å². The largest absolute Gasteiger partial charge is 0.309 e. The van der Waals surface area contributed by atoms with Gasteiger partial charge in [-0.05, 0) is 82.1 Å². The predicted octanol–water partition coefficient (Wildman–Crippen LogP) is 12.3. The second kappa shape index (κ2) is 11.2. The number of fused-ring (bicyclic) bond motifs is 8. The summed E-state index contributed by atoms with van der Waals surface area (Å²) in [4.78, 5) is 10.2. The van der Waals surface area contributed by atoms with Crippen molar-refractivity contribution in [3.8, 4) is 33.6 Å². The van der Waals surface area contributed by atoms with Crippen molar-refractivity contribution in [2.45, 2.75) is 0 Å². The molecule has 0 aliphatic carbocycles. The van der Waals surface area contributed by atoms with Crippen LogP contribution >= 0.6 is 0 Å². The van der Waals surface area contributed by atoms with Gasteiger partial charge in [0.25, 0.3) is 0 Å². The van der Waals surface area contributed by atoms with Gasteiger partial charge in [-0.1, -0.05) is 115 Å². The zero-order valence-electron chi connectivity index (χ0n) is 28.1. The molecule has 0 bridgehead atoms. The van der Waals surface area contributed by atoms with Gasteiger partial charge in [0.15, 0.2) is 0 Å². The molecule has 11 aromatic rings. The van der Waals surface area contributed by atoms with Gasteiger partial charge >= 0.3 is 0 Å². The van der Waals surface area contributed by atoms with Crippen LogP contribution in [0.3, 0.4) is 0 Å². The minimum Gasteiger partial charge on any atom is -0.309 e. The predicted molar refractivity (Wildman–Crippen MR) is 217 cm³/mol. The van der Waals surface area contributed by atoms with Crippen LogP contribution < -0.4 is 0 Å². The lowest BCUT2D eigenvalue weighted by Gasteiger charge is -2.14. The topological polar surface area (TPSA) is 35.6 Å². The zero-order chi connectivity index (χ0) is 34.2. The molecule has 0 radical (unpaired) electrons. The number of rotatable bonds is 4. The standard InChI is InChI=1S/C48H30N4/c1-3-13-31(14-4-1)35-20-11-24-42-45(35)39-29-32-15-7-8-16-33(32)30-44(39)52(42)43-26-25-37(47-48(43)50-28-27-49-47)36-21-12-23-41-46(36)38-19-9-10-22-40(38)51(41)34-17-5-2-6-18-34/h1-30H. The summed E-state index contributed by atoms with van der Waals surface area (Å²) in [6.07, 6.45) is 3.63. The van der Waals surface area contributed by atoms with Gasteiger partial charge in [-0.2, -0.15) is 0 Å². The molecule has 4 nitrogen and oxygen atoms in total. The van der Waals surface area contributed by atoms with Crippen molar-refractivity contribution in [3.05, 3.63) is 182 Å². The number of nitrogens with zero attached hydrogens (tertiary/aromatic N) is 4. The normalized spacial score (nSPS) is 11.8. The van der Waals surface area contributed by atoms with Gasteiger partial charge in [-0.3, -0.25) is 9.97 Å². The first kappa shape index (κ1) is 28.8. The summed E-state index contributed by atoms with van der Waals surface area (Å²) >= 11 is 0. The van der Waals surface area contributed by atoms with E-state index in [1.165, 1.54) is 49.0 Å². The highest BCUT2D eigenvalue weighted by atomic mass is 15.0. The third-order valence-corrected chi connectivity index (χ3v) is 10.6. The molecular formula is C48H30N4. The molecular weight excluding hydrogens is 633 g/mol. The van der Waals surface area contributed by atoms with E-state index >= 15 is 0 Å². The number of hydrogen-bond donors (Lipinski definition) is 0. The molecule has 0 saturated carbocycles. The summed E-state index contributed by atoms with van der Waals surface area (Å²) in [6, 6.07) is 61.1. The maximum absolute atomic E-state index is 5.09. The summed E-state index contributed by atoms with van der Waals surface area (Å²) in [7, 11) is 0. The van der Waals surface area contributed by atoms with Gasteiger partial charge in [0, 0.05) is 45.2 Å². The molecule has 0 N–H and O–H groups in total. The van der Waals surface area contributed by atoms with Crippen LogP contribution in [0.1, 0.15) is 0 Å². The molecule has 0 spiro atoms. The fourth-order valence-electron chi connectivity index (χ4n) is 8.41. The quantitative estimate of drug-likeness (QED) is 0.188. The van der Waals surface area contributed by atoms with Gasteiger partial charge < -0.3 is 9.13 Å². The van der Waals surface area contributed by atoms with Crippen LogP contribution in [0.2, 0.25) is 0 Å². The van der Waals surface area contributed by atoms with Crippen molar-refractivity contribution >= 4 is 65.4 Å². The summed E-state index contributed by atoms with van der Waals surface area (Å²) in [5.41, 5.74) is 13.1. The highest BCUT2D eigenvalue weighted by Crippen LogP contribution is 2.44. The Balaban J connectivity index is 1.22.